The van der Waals surface area contributed by atoms with Gasteiger partial charge in [0.25, 0.3) is 0 Å². The van der Waals surface area contributed by atoms with Crippen molar-refractivity contribution in [1.82, 2.24) is 0 Å². The van der Waals surface area contributed by atoms with Gasteiger partial charge in [-0.15, -0.1) is 0 Å². The molecule has 0 spiro atoms. The molecular formula is C36H78O8Si3. The Kier molecular flexibility index (Phi) is 36.4. The molecule has 0 atom stereocenters. The molecule has 0 amide bonds. The molecule has 0 aliphatic carbocycles. The lowest BCUT2D eigenvalue weighted by atomic mass is 10.2. The molecule has 0 aliphatic heterocycles. The van der Waals surface area contributed by atoms with Gasteiger partial charge < -0.3 is 34.8 Å². The van der Waals surface area contributed by atoms with Crippen LogP contribution >= 0.6 is 0 Å². The molecule has 0 aromatic heterocycles. The fourth-order valence-corrected chi connectivity index (χ4v) is 10.5. The first kappa shape index (κ1) is 47.3. The molecule has 0 aromatic rings. The molecule has 282 valence electrons. The van der Waals surface area contributed by atoms with E-state index in [1.807, 2.05) is 0 Å². The number of hydrogen-bond acceptors (Lipinski definition) is 8. The van der Waals surface area contributed by atoms with Crippen LogP contribution in [0, 0.1) is 0 Å². The van der Waals surface area contributed by atoms with Gasteiger partial charge in [0.05, 0.1) is 0 Å². The smallest absolute Gasteiger partial charge is 0.369 e. The van der Waals surface area contributed by atoms with Gasteiger partial charge in [-0.1, -0.05) is 157 Å². The van der Waals surface area contributed by atoms with Crippen LogP contribution in [0.25, 0.3) is 0 Å². The molecule has 0 heterocycles. The lowest BCUT2D eigenvalue weighted by Crippen LogP contribution is -2.55. The lowest BCUT2D eigenvalue weighted by Gasteiger charge is -2.31. The van der Waals surface area contributed by atoms with Crippen molar-refractivity contribution in [2.75, 3.05) is 39.6 Å². The minimum Gasteiger partial charge on any atom is -0.369 e. The first-order valence-corrected chi connectivity index (χ1v) is 24.1. The highest BCUT2D eigenvalue weighted by Crippen LogP contribution is 2.20. The highest BCUT2D eigenvalue weighted by molar-refractivity contribution is 6.64. The van der Waals surface area contributed by atoms with E-state index in [0.717, 1.165) is 77.0 Å². The molecule has 8 nitrogen and oxygen atoms in total. The van der Waals surface area contributed by atoms with Gasteiger partial charge in [0.1, 0.15) is 0 Å². The van der Waals surface area contributed by atoms with E-state index >= 15 is 0 Å². The third kappa shape index (κ3) is 28.7. The third-order valence-electron chi connectivity index (χ3n) is 7.99. The van der Waals surface area contributed by atoms with Gasteiger partial charge >= 0.3 is 28.1 Å². The molecule has 0 N–H and O–H groups in total. The van der Waals surface area contributed by atoms with Crippen molar-refractivity contribution < 1.29 is 34.8 Å². The molecule has 0 aromatic carbocycles. The standard InChI is InChI=1S/C36H78O8Si3/c1-7-13-19-25-31-37-46(38-32-26-20-14-8-2,39-33-27-21-15-9-3)43-45-44-47(40-34-28-22-16-10-4,41-35-29-23-17-11-5)42-36-30-24-18-12-6/h7-36H2,1-6H3. The summed E-state index contributed by atoms with van der Waals surface area (Å²) in [6.45, 7) is 16.7. The first-order chi connectivity index (χ1) is 23.1. The summed E-state index contributed by atoms with van der Waals surface area (Å²) in [5.74, 6) is 0. The van der Waals surface area contributed by atoms with Crippen molar-refractivity contribution in [1.29, 1.82) is 0 Å². The van der Waals surface area contributed by atoms with Gasteiger partial charge in [-0.25, -0.2) is 0 Å². The molecule has 0 saturated carbocycles. The van der Waals surface area contributed by atoms with E-state index in [0.29, 0.717) is 39.6 Å². The van der Waals surface area contributed by atoms with Crippen molar-refractivity contribution in [3.05, 3.63) is 0 Å². The topological polar surface area (TPSA) is 73.8 Å². The molecule has 2 radical (unpaired) electrons. The summed E-state index contributed by atoms with van der Waals surface area (Å²) in [5, 5.41) is 0. The Balaban J connectivity index is 5.87. The summed E-state index contributed by atoms with van der Waals surface area (Å²) in [4.78, 5) is 0. The van der Waals surface area contributed by atoms with Crippen molar-refractivity contribution in [3.8, 4) is 0 Å². The van der Waals surface area contributed by atoms with Gasteiger partial charge in [0.15, 0.2) is 0 Å². The van der Waals surface area contributed by atoms with E-state index < -0.39 is 28.1 Å². The highest BCUT2D eigenvalue weighted by atomic mass is 28.5. The minimum atomic E-state index is -3.48. The van der Waals surface area contributed by atoms with E-state index in [9.17, 15) is 0 Å². The SMILES string of the molecule is CCCCCCO[Si](OCCCCCC)(OCCCCCC)O[Si]O[Si](OCCCCCC)(OCCCCCC)OCCCCCC. The van der Waals surface area contributed by atoms with Crippen LogP contribution in [0.5, 0.6) is 0 Å². The van der Waals surface area contributed by atoms with Crippen LogP contribution in [0.4, 0.5) is 0 Å². The van der Waals surface area contributed by atoms with E-state index in [4.69, 9.17) is 34.8 Å². The van der Waals surface area contributed by atoms with Crippen molar-refractivity contribution in [3.63, 3.8) is 0 Å². The van der Waals surface area contributed by atoms with Crippen LogP contribution in [0.15, 0.2) is 0 Å². The average molecular weight is 723 g/mol. The van der Waals surface area contributed by atoms with E-state index in [1.165, 1.54) is 77.0 Å². The molecule has 0 bridgehead atoms. The summed E-state index contributed by atoms with van der Waals surface area (Å²) in [7, 11) is -7.38. The second-order valence-electron chi connectivity index (χ2n) is 12.7. The van der Waals surface area contributed by atoms with Crippen LogP contribution < -0.4 is 0 Å². The highest BCUT2D eigenvalue weighted by Gasteiger charge is 2.50. The first-order valence-electron chi connectivity index (χ1n) is 20.0. The molecule has 0 unspecified atom stereocenters. The Hall–Kier alpha value is 0.331. The predicted octanol–water partition coefficient (Wildman–Crippen LogP) is 11.0. The Bertz CT molecular complexity index is 499. The monoisotopic (exact) mass is 723 g/mol. The maximum absolute atomic E-state index is 6.51. The molecule has 0 saturated heterocycles. The fourth-order valence-electron chi connectivity index (χ4n) is 4.91. The number of rotatable bonds is 40. The maximum Gasteiger partial charge on any atom is 0.670 e. The summed E-state index contributed by atoms with van der Waals surface area (Å²) in [6.07, 6.45) is 26.6. The Morgan fingerprint density at radius 1 is 0.277 bits per heavy atom. The molecule has 0 fully saturated rings. The maximum atomic E-state index is 6.51. The van der Waals surface area contributed by atoms with Gasteiger partial charge in [0.2, 0.25) is 0 Å². The van der Waals surface area contributed by atoms with Crippen LogP contribution in [-0.2, 0) is 34.8 Å². The second kappa shape index (κ2) is 36.1. The molecule has 11 heteroatoms. The second-order valence-corrected chi connectivity index (χ2v) is 18.3. The lowest BCUT2D eigenvalue weighted by molar-refractivity contribution is -0.0213. The van der Waals surface area contributed by atoms with Crippen LogP contribution in [0.3, 0.4) is 0 Å². The summed E-state index contributed by atoms with van der Waals surface area (Å²) < 4.78 is 51.9. The van der Waals surface area contributed by atoms with Crippen molar-refractivity contribution in [2.24, 2.45) is 0 Å². The largest absolute Gasteiger partial charge is 0.670 e. The van der Waals surface area contributed by atoms with E-state index in [2.05, 4.69) is 41.5 Å². The Morgan fingerprint density at radius 3 is 0.638 bits per heavy atom. The van der Waals surface area contributed by atoms with E-state index in [-0.39, 0.29) is 0 Å². The Morgan fingerprint density at radius 2 is 0.468 bits per heavy atom. The van der Waals surface area contributed by atoms with Gasteiger partial charge in [-0.3, -0.25) is 0 Å². The van der Waals surface area contributed by atoms with E-state index in [1.54, 1.807) is 0 Å². The van der Waals surface area contributed by atoms with Crippen LogP contribution in [0.1, 0.15) is 196 Å². The normalized spacial score (nSPS) is 12.4. The molecule has 0 aliphatic rings. The Labute approximate surface area is 297 Å². The number of hydrogen-bond donors (Lipinski definition) is 0. The van der Waals surface area contributed by atoms with Gasteiger partial charge in [-0.05, 0) is 38.5 Å². The number of unbranched alkanes of at least 4 members (excludes halogenated alkanes) is 18. The zero-order valence-corrected chi connectivity index (χ0v) is 35.0. The molecule has 0 rings (SSSR count). The summed E-state index contributed by atoms with van der Waals surface area (Å²) in [5.41, 5.74) is 0. The zero-order chi connectivity index (χ0) is 34.6. The van der Waals surface area contributed by atoms with Gasteiger partial charge in [-0.2, -0.15) is 0 Å². The molecule has 47 heavy (non-hydrogen) atoms. The summed E-state index contributed by atoms with van der Waals surface area (Å²) >= 11 is 0. The summed E-state index contributed by atoms with van der Waals surface area (Å²) in [6, 6.07) is 0. The quantitative estimate of drug-likeness (QED) is 0.0457. The fraction of sp³-hybridized carbons (Fsp3) is 1.00. The zero-order valence-electron chi connectivity index (χ0n) is 32.0. The average Bonchev–Trinajstić information content (AvgIpc) is 3.07. The van der Waals surface area contributed by atoms with Crippen molar-refractivity contribution in [2.45, 2.75) is 196 Å². The van der Waals surface area contributed by atoms with Gasteiger partial charge in [0, 0.05) is 39.6 Å². The van der Waals surface area contributed by atoms with Crippen LogP contribution in [-0.4, -0.2) is 67.7 Å². The van der Waals surface area contributed by atoms with Crippen LogP contribution in [0.2, 0.25) is 0 Å². The molecular weight excluding hydrogens is 645 g/mol. The van der Waals surface area contributed by atoms with Crippen molar-refractivity contribution >= 4 is 28.1 Å². The predicted molar refractivity (Wildman–Crippen MR) is 200 cm³/mol. The minimum absolute atomic E-state index is 0.418. The third-order valence-corrected chi connectivity index (χ3v) is 14.0.